The van der Waals surface area contributed by atoms with Crippen LogP contribution in [0.1, 0.15) is 75.0 Å². The lowest BCUT2D eigenvalue weighted by Crippen LogP contribution is -2.35. The van der Waals surface area contributed by atoms with Gasteiger partial charge in [0.2, 0.25) is 0 Å². The maximum absolute atomic E-state index is 15.7. The second kappa shape index (κ2) is 13.3. The zero-order chi connectivity index (χ0) is 35.8. The van der Waals surface area contributed by atoms with Crippen molar-refractivity contribution in [2.45, 2.75) is 65.5 Å². The van der Waals surface area contributed by atoms with Gasteiger partial charge in [-0.2, -0.15) is 10.2 Å². The number of ether oxygens (including phenoxy) is 1. The number of fused-ring (bicyclic) bond motifs is 1. The van der Waals surface area contributed by atoms with Crippen LogP contribution in [0.15, 0.2) is 61.4 Å². The van der Waals surface area contributed by atoms with Gasteiger partial charge in [0.05, 0.1) is 23.9 Å². The third kappa shape index (κ3) is 6.58. The van der Waals surface area contributed by atoms with Crippen LogP contribution in [-0.4, -0.2) is 50.6 Å². The van der Waals surface area contributed by atoms with E-state index >= 15 is 4.39 Å². The van der Waals surface area contributed by atoms with Crippen LogP contribution in [0.5, 0.6) is 0 Å². The highest BCUT2D eigenvalue weighted by Crippen LogP contribution is 2.39. The minimum absolute atomic E-state index is 0.0625. The van der Waals surface area contributed by atoms with Gasteiger partial charge in [0.1, 0.15) is 5.82 Å². The Labute approximate surface area is 285 Å². The lowest BCUT2D eigenvalue weighted by molar-refractivity contribution is -0.146. The molecule has 4 N–H and O–H groups in total. The fourth-order valence-corrected chi connectivity index (χ4v) is 5.74. The zero-order valence-corrected chi connectivity index (χ0v) is 29.0. The SMILES string of the molecule is C=Cc1cc(C(C)(C)C)cc(F)c1C(=O)N(C)c1cccc(-c2cc(-c3cnn(C(C)(C)C(=O)O)c3)c3[nH]nc(N)c3c2)c1COCCC. The standard InChI is InChI=1S/C38H43FN6O4/c1-9-14-49-21-29-26(12-11-13-31(29)44(8)35(46)32-22(10-2)15-25(18-30(32)39)37(3,4)5)23-16-27(33-28(17-23)34(40)43-42-33)24-19-41-45(20-24)38(6,7)36(47)48/h10-13,15-20H,2,9,14,21H2,1,3-8H3,(H,47,48)(H3,40,42,43). The molecule has 0 unspecified atom stereocenters. The number of halogens is 1. The molecule has 11 heteroatoms. The molecule has 0 radical (unpaired) electrons. The van der Waals surface area contributed by atoms with E-state index in [0.717, 1.165) is 23.1 Å². The number of aromatic amines is 1. The van der Waals surface area contributed by atoms with Crippen molar-refractivity contribution in [3.63, 3.8) is 0 Å². The van der Waals surface area contributed by atoms with E-state index in [-0.39, 0.29) is 23.4 Å². The van der Waals surface area contributed by atoms with Crippen LogP contribution in [0.4, 0.5) is 15.9 Å². The Morgan fingerprint density at radius 3 is 2.51 bits per heavy atom. The third-order valence-electron chi connectivity index (χ3n) is 8.84. The van der Waals surface area contributed by atoms with Crippen molar-refractivity contribution in [2.75, 3.05) is 24.3 Å². The van der Waals surface area contributed by atoms with Crippen molar-refractivity contribution in [3.05, 3.63) is 89.5 Å². The van der Waals surface area contributed by atoms with E-state index in [1.54, 1.807) is 33.3 Å². The summed E-state index contributed by atoms with van der Waals surface area (Å²) in [4.78, 5) is 27.5. The first-order valence-electron chi connectivity index (χ1n) is 16.1. The van der Waals surface area contributed by atoms with Crippen molar-refractivity contribution in [1.29, 1.82) is 0 Å². The highest BCUT2D eigenvalue weighted by Gasteiger charge is 2.31. The number of hydrogen-bond donors (Lipinski definition) is 3. The molecule has 5 rings (SSSR count). The first kappa shape index (κ1) is 35.0. The number of nitrogens with zero attached hydrogens (tertiary/aromatic N) is 4. The van der Waals surface area contributed by atoms with Gasteiger partial charge in [0.15, 0.2) is 11.4 Å². The largest absolute Gasteiger partial charge is 0.479 e. The van der Waals surface area contributed by atoms with Gasteiger partial charge in [-0.25, -0.2) is 9.18 Å². The second-order valence-corrected chi connectivity index (χ2v) is 13.7. The molecule has 1 amide bonds. The van der Waals surface area contributed by atoms with Gasteiger partial charge in [0.25, 0.3) is 5.91 Å². The number of carboxylic acids is 1. The fourth-order valence-electron chi connectivity index (χ4n) is 5.74. The molecule has 10 nitrogen and oxygen atoms in total. The molecule has 0 saturated heterocycles. The van der Waals surface area contributed by atoms with E-state index in [1.807, 2.05) is 64.1 Å². The Kier molecular flexibility index (Phi) is 9.52. The number of carbonyl (C=O) groups excluding carboxylic acids is 1. The average Bonchev–Trinajstić information content (AvgIpc) is 3.71. The Hall–Kier alpha value is -5.29. The molecule has 3 aromatic carbocycles. The number of rotatable bonds is 11. The summed E-state index contributed by atoms with van der Waals surface area (Å²) in [6, 6.07) is 12.7. The Balaban J connectivity index is 1.67. The van der Waals surface area contributed by atoms with Gasteiger partial charge in [0, 0.05) is 47.6 Å². The molecule has 0 spiro atoms. The molecule has 5 aromatic rings. The molecule has 0 bridgehead atoms. The van der Waals surface area contributed by atoms with Crippen molar-refractivity contribution in [2.24, 2.45) is 0 Å². The van der Waals surface area contributed by atoms with E-state index < -0.39 is 23.2 Å². The predicted molar refractivity (Wildman–Crippen MR) is 192 cm³/mol. The minimum Gasteiger partial charge on any atom is -0.479 e. The lowest BCUT2D eigenvalue weighted by atomic mass is 9.84. The van der Waals surface area contributed by atoms with Crippen LogP contribution >= 0.6 is 0 Å². The zero-order valence-electron chi connectivity index (χ0n) is 29.0. The average molecular weight is 667 g/mol. The number of benzene rings is 3. The summed E-state index contributed by atoms with van der Waals surface area (Å²) in [5.74, 6) is -1.87. The van der Waals surface area contributed by atoms with E-state index in [9.17, 15) is 14.7 Å². The molecule has 0 aliphatic carbocycles. The maximum Gasteiger partial charge on any atom is 0.331 e. The van der Waals surface area contributed by atoms with Gasteiger partial charge in [-0.3, -0.25) is 14.6 Å². The van der Waals surface area contributed by atoms with E-state index in [4.69, 9.17) is 10.5 Å². The van der Waals surface area contributed by atoms with Gasteiger partial charge in [-0.1, -0.05) is 58.5 Å². The van der Waals surface area contributed by atoms with Crippen LogP contribution < -0.4 is 10.6 Å². The molecule has 0 atom stereocenters. The lowest BCUT2D eigenvalue weighted by Gasteiger charge is -2.26. The Morgan fingerprint density at radius 1 is 1.12 bits per heavy atom. The number of nitrogens with two attached hydrogens (primary N) is 1. The second-order valence-electron chi connectivity index (χ2n) is 13.7. The van der Waals surface area contributed by atoms with Crippen molar-refractivity contribution in [3.8, 4) is 22.3 Å². The highest BCUT2D eigenvalue weighted by atomic mass is 19.1. The number of aliphatic carboxylic acids is 1. The van der Waals surface area contributed by atoms with Crippen molar-refractivity contribution < 1.29 is 23.8 Å². The number of amides is 1. The summed E-state index contributed by atoms with van der Waals surface area (Å²) in [7, 11) is 1.62. The number of nitrogen functional groups attached to an aromatic ring is 1. The topological polar surface area (TPSA) is 139 Å². The van der Waals surface area contributed by atoms with Gasteiger partial charge < -0.3 is 20.5 Å². The number of H-pyrrole nitrogens is 1. The number of carbonyl (C=O) groups is 2. The van der Waals surface area contributed by atoms with Gasteiger partial charge >= 0.3 is 5.97 Å². The first-order chi connectivity index (χ1) is 23.1. The van der Waals surface area contributed by atoms with E-state index in [0.29, 0.717) is 45.5 Å². The minimum atomic E-state index is -1.28. The summed E-state index contributed by atoms with van der Waals surface area (Å²) in [5.41, 5.74) is 10.6. The fraction of sp³-hybridized carbons (Fsp3) is 0.316. The predicted octanol–water partition coefficient (Wildman–Crippen LogP) is 7.78. The molecule has 49 heavy (non-hydrogen) atoms. The third-order valence-corrected chi connectivity index (χ3v) is 8.84. The molecular formula is C38H43FN6O4. The molecule has 0 fully saturated rings. The van der Waals surface area contributed by atoms with E-state index in [2.05, 4.69) is 21.9 Å². The van der Waals surface area contributed by atoms with Crippen molar-refractivity contribution in [1.82, 2.24) is 20.0 Å². The van der Waals surface area contributed by atoms with E-state index in [1.165, 1.54) is 21.7 Å². The van der Waals surface area contributed by atoms with Crippen LogP contribution in [0.2, 0.25) is 0 Å². The summed E-state index contributed by atoms with van der Waals surface area (Å²) in [6.45, 7) is 15.6. The van der Waals surface area contributed by atoms with Gasteiger partial charge in [-0.15, -0.1) is 0 Å². The summed E-state index contributed by atoms with van der Waals surface area (Å²) < 4.78 is 23.2. The number of hydrogen-bond acceptors (Lipinski definition) is 6. The molecule has 2 heterocycles. The van der Waals surface area contributed by atoms with Crippen molar-refractivity contribution >= 4 is 40.4 Å². The normalized spacial score (nSPS) is 12.0. The van der Waals surface area contributed by atoms with Crippen LogP contribution in [0.25, 0.3) is 39.2 Å². The molecule has 0 aliphatic heterocycles. The monoisotopic (exact) mass is 666 g/mol. The smallest absolute Gasteiger partial charge is 0.331 e. The number of carboxylic acid groups (broad SMARTS) is 1. The highest BCUT2D eigenvalue weighted by molar-refractivity contribution is 6.09. The summed E-state index contributed by atoms with van der Waals surface area (Å²) >= 11 is 0. The molecular weight excluding hydrogens is 623 g/mol. The molecule has 0 saturated carbocycles. The summed E-state index contributed by atoms with van der Waals surface area (Å²) in [5, 5.41) is 22.0. The maximum atomic E-state index is 15.7. The molecule has 0 aliphatic rings. The number of anilines is 2. The molecule has 256 valence electrons. The first-order valence-corrected chi connectivity index (χ1v) is 16.1. The molecule has 2 aromatic heterocycles. The van der Waals surface area contributed by atoms with Crippen LogP contribution in [0, 0.1) is 5.82 Å². The summed E-state index contributed by atoms with van der Waals surface area (Å²) in [6.07, 6.45) is 5.57. The Morgan fingerprint density at radius 2 is 1.86 bits per heavy atom. The Bertz CT molecular complexity index is 2070. The quantitative estimate of drug-likeness (QED) is 0.122. The van der Waals surface area contributed by atoms with Crippen LogP contribution in [-0.2, 0) is 27.1 Å². The number of aromatic nitrogens is 4. The van der Waals surface area contributed by atoms with Crippen LogP contribution in [0.3, 0.4) is 0 Å². The number of nitrogens with one attached hydrogen (secondary N) is 1. The van der Waals surface area contributed by atoms with Gasteiger partial charge in [-0.05, 0) is 72.2 Å².